The summed E-state index contributed by atoms with van der Waals surface area (Å²) in [5.74, 6) is -0.0771. The second kappa shape index (κ2) is 7.05. The van der Waals surface area contributed by atoms with E-state index in [1.54, 1.807) is 0 Å². The summed E-state index contributed by atoms with van der Waals surface area (Å²) in [5, 5.41) is 1.93. The van der Waals surface area contributed by atoms with Crippen molar-refractivity contribution in [3.63, 3.8) is 0 Å². The summed E-state index contributed by atoms with van der Waals surface area (Å²) in [6.45, 7) is 4.28. The van der Waals surface area contributed by atoms with Crippen LogP contribution in [0.5, 0.6) is 0 Å². The molecule has 0 N–H and O–H groups in total. The SMILES string of the molecule is CCCc1cc2c(cc1CCC)C(=O)c1cc3cc(Br)ccc3cc1C2=O. The van der Waals surface area contributed by atoms with E-state index in [-0.39, 0.29) is 11.6 Å². The maximum atomic E-state index is 13.2. The lowest BCUT2D eigenvalue weighted by atomic mass is 9.80. The van der Waals surface area contributed by atoms with Gasteiger partial charge < -0.3 is 0 Å². The van der Waals surface area contributed by atoms with Crippen LogP contribution in [0.4, 0.5) is 0 Å². The lowest BCUT2D eigenvalue weighted by molar-refractivity contribution is 0.0979. The summed E-state index contributed by atoms with van der Waals surface area (Å²) in [6, 6.07) is 13.6. The van der Waals surface area contributed by atoms with Gasteiger partial charge in [0.05, 0.1) is 0 Å². The minimum Gasteiger partial charge on any atom is -0.289 e. The zero-order valence-electron chi connectivity index (χ0n) is 15.6. The normalized spacial score (nSPS) is 13.0. The molecule has 0 saturated heterocycles. The van der Waals surface area contributed by atoms with Crippen molar-refractivity contribution in [3.05, 3.63) is 80.3 Å². The van der Waals surface area contributed by atoms with Gasteiger partial charge in [-0.05, 0) is 71.1 Å². The minimum absolute atomic E-state index is 0.0372. The van der Waals surface area contributed by atoms with Crippen molar-refractivity contribution in [1.82, 2.24) is 0 Å². The molecule has 0 saturated carbocycles. The highest BCUT2D eigenvalue weighted by molar-refractivity contribution is 9.10. The van der Waals surface area contributed by atoms with Crippen molar-refractivity contribution in [2.45, 2.75) is 39.5 Å². The predicted molar refractivity (Wildman–Crippen MR) is 113 cm³/mol. The quantitative estimate of drug-likeness (QED) is 0.389. The monoisotopic (exact) mass is 420 g/mol. The number of halogens is 1. The standard InChI is InChI=1S/C24H21BrO2/c1-3-5-14-10-19-20(11-15(14)6-4-2)24(27)22-13-17-9-18(25)8-7-16(17)12-21(22)23(19)26/h7-13H,3-6H2,1-2H3. The molecule has 3 aromatic rings. The highest BCUT2D eigenvalue weighted by Crippen LogP contribution is 2.33. The van der Waals surface area contributed by atoms with Gasteiger partial charge in [0.2, 0.25) is 0 Å². The first-order chi connectivity index (χ1) is 13.0. The van der Waals surface area contributed by atoms with Gasteiger partial charge in [0.1, 0.15) is 0 Å². The molecule has 3 aromatic carbocycles. The summed E-state index contributed by atoms with van der Waals surface area (Å²) in [6.07, 6.45) is 3.91. The first-order valence-electron chi connectivity index (χ1n) is 9.52. The van der Waals surface area contributed by atoms with E-state index in [1.807, 2.05) is 42.5 Å². The average molecular weight is 421 g/mol. The molecule has 136 valence electrons. The number of hydrogen-bond donors (Lipinski definition) is 0. The van der Waals surface area contributed by atoms with Crippen LogP contribution in [-0.2, 0) is 12.8 Å². The smallest absolute Gasteiger partial charge is 0.194 e. The third-order valence-corrected chi connectivity index (χ3v) is 5.79. The van der Waals surface area contributed by atoms with Gasteiger partial charge in [0.15, 0.2) is 11.6 Å². The van der Waals surface area contributed by atoms with E-state index in [0.717, 1.165) is 40.9 Å². The number of fused-ring (bicyclic) bond motifs is 3. The number of carbonyl (C=O) groups excluding carboxylic acids is 2. The highest BCUT2D eigenvalue weighted by atomic mass is 79.9. The van der Waals surface area contributed by atoms with Crippen molar-refractivity contribution in [1.29, 1.82) is 0 Å². The molecular weight excluding hydrogens is 400 g/mol. The molecule has 2 nitrogen and oxygen atoms in total. The van der Waals surface area contributed by atoms with E-state index in [2.05, 4.69) is 29.8 Å². The summed E-state index contributed by atoms with van der Waals surface area (Å²) < 4.78 is 0.958. The number of hydrogen-bond acceptors (Lipinski definition) is 2. The van der Waals surface area contributed by atoms with Gasteiger partial charge in [-0.1, -0.05) is 48.7 Å². The van der Waals surface area contributed by atoms with Crippen LogP contribution in [0, 0.1) is 0 Å². The molecule has 0 spiro atoms. The molecule has 0 atom stereocenters. The van der Waals surface area contributed by atoms with Crippen LogP contribution < -0.4 is 0 Å². The Morgan fingerprint density at radius 1 is 0.667 bits per heavy atom. The van der Waals surface area contributed by atoms with Crippen LogP contribution in [-0.4, -0.2) is 11.6 Å². The van der Waals surface area contributed by atoms with Crippen LogP contribution in [0.3, 0.4) is 0 Å². The van der Waals surface area contributed by atoms with E-state index in [9.17, 15) is 9.59 Å². The fraction of sp³-hybridized carbons (Fsp3) is 0.250. The first kappa shape index (κ1) is 18.1. The van der Waals surface area contributed by atoms with Gasteiger partial charge in [0, 0.05) is 26.7 Å². The van der Waals surface area contributed by atoms with Gasteiger partial charge in [-0.2, -0.15) is 0 Å². The van der Waals surface area contributed by atoms with Gasteiger partial charge in [-0.15, -0.1) is 0 Å². The van der Waals surface area contributed by atoms with E-state index in [0.29, 0.717) is 22.3 Å². The van der Waals surface area contributed by atoms with Crippen molar-refractivity contribution in [2.75, 3.05) is 0 Å². The molecule has 27 heavy (non-hydrogen) atoms. The van der Waals surface area contributed by atoms with Crippen molar-refractivity contribution in [2.24, 2.45) is 0 Å². The fourth-order valence-corrected chi connectivity index (χ4v) is 4.38. The lowest BCUT2D eigenvalue weighted by Gasteiger charge is -2.21. The average Bonchev–Trinajstić information content (AvgIpc) is 2.66. The highest BCUT2D eigenvalue weighted by Gasteiger charge is 2.31. The van der Waals surface area contributed by atoms with Crippen molar-refractivity contribution >= 4 is 38.3 Å². The molecule has 0 aliphatic heterocycles. The van der Waals surface area contributed by atoms with Gasteiger partial charge in [-0.25, -0.2) is 0 Å². The van der Waals surface area contributed by atoms with Gasteiger partial charge in [0.25, 0.3) is 0 Å². The van der Waals surface area contributed by atoms with E-state index < -0.39 is 0 Å². The molecule has 0 bridgehead atoms. The van der Waals surface area contributed by atoms with Crippen LogP contribution in [0.25, 0.3) is 10.8 Å². The third-order valence-electron chi connectivity index (χ3n) is 5.30. The topological polar surface area (TPSA) is 34.1 Å². The largest absolute Gasteiger partial charge is 0.289 e. The maximum Gasteiger partial charge on any atom is 0.194 e. The molecule has 0 fully saturated rings. The first-order valence-corrected chi connectivity index (χ1v) is 10.3. The summed E-state index contributed by atoms with van der Waals surface area (Å²) in [5.41, 5.74) is 4.56. The summed E-state index contributed by atoms with van der Waals surface area (Å²) >= 11 is 3.48. The van der Waals surface area contributed by atoms with Crippen molar-refractivity contribution in [3.8, 4) is 0 Å². The molecule has 1 aliphatic carbocycles. The Kier molecular flexibility index (Phi) is 4.73. The number of ketones is 2. The van der Waals surface area contributed by atoms with E-state index >= 15 is 0 Å². The number of aryl methyl sites for hydroxylation is 2. The van der Waals surface area contributed by atoms with Gasteiger partial charge in [-0.3, -0.25) is 9.59 Å². The fourth-order valence-electron chi connectivity index (χ4n) is 4.00. The molecule has 4 rings (SSSR count). The summed E-state index contributed by atoms with van der Waals surface area (Å²) in [4.78, 5) is 26.5. The molecule has 0 amide bonds. The number of benzene rings is 3. The predicted octanol–water partition coefficient (Wildman–Crippen LogP) is 6.28. The van der Waals surface area contributed by atoms with E-state index in [1.165, 1.54) is 11.1 Å². The third kappa shape index (κ3) is 3.04. The second-order valence-electron chi connectivity index (χ2n) is 7.21. The Labute approximate surface area is 167 Å². The Balaban J connectivity index is 1.93. The second-order valence-corrected chi connectivity index (χ2v) is 8.13. The Bertz CT molecular complexity index is 1100. The zero-order chi connectivity index (χ0) is 19.1. The van der Waals surface area contributed by atoms with E-state index in [4.69, 9.17) is 0 Å². The Hall–Kier alpha value is -2.26. The number of rotatable bonds is 4. The van der Waals surface area contributed by atoms with Crippen molar-refractivity contribution < 1.29 is 9.59 Å². The summed E-state index contributed by atoms with van der Waals surface area (Å²) in [7, 11) is 0. The van der Waals surface area contributed by atoms with Crippen LogP contribution in [0.2, 0.25) is 0 Å². The number of carbonyl (C=O) groups is 2. The molecule has 0 radical (unpaired) electrons. The molecular formula is C24H21BrO2. The zero-order valence-corrected chi connectivity index (χ0v) is 17.2. The Morgan fingerprint density at radius 3 is 1.67 bits per heavy atom. The molecule has 0 unspecified atom stereocenters. The molecule has 0 heterocycles. The minimum atomic E-state index is -0.0399. The van der Waals surface area contributed by atoms with Gasteiger partial charge >= 0.3 is 0 Å². The lowest BCUT2D eigenvalue weighted by Crippen LogP contribution is -2.22. The molecule has 0 aromatic heterocycles. The maximum absolute atomic E-state index is 13.2. The molecule has 3 heteroatoms. The van der Waals surface area contributed by atoms with Crippen LogP contribution in [0.15, 0.2) is 46.9 Å². The Morgan fingerprint density at radius 2 is 1.15 bits per heavy atom. The van der Waals surface area contributed by atoms with Crippen LogP contribution in [0.1, 0.15) is 69.7 Å². The van der Waals surface area contributed by atoms with Crippen LogP contribution >= 0.6 is 15.9 Å². The molecule has 1 aliphatic rings.